The number of thiophene rings is 1. The first kappa shape index (κ1) is 96.7. The van der Waals surface area contributed by atoms with Gasteiger partial charge in [0.25, 0.3) is 64.6 Å². The highest BCUT2D eigenvalue weighted by Gasteiger charge is 2.58. The molecule has 752 valence electrons. The zero-order valence-corrected chi connectivity index (χ0v) is 79.3. The zero-order chi connectivity index (χ0) is 104. The second kappa shape index (κ2) is 37.8. The fourth-order valence-corrected chi connectivity index (χ4v) is 20.6. The minimum absolute atomic E-state index is 0.00510. The Morgan fingerprint density at radius 1 is 0.372 bits per heavy atom. The first-order chi connectivity index (χ1) is 71.1. The number of rotatable bonds is 22. The van der Waals surface area contributed by atoms with Gasteiger partial charge in [0.2, 0.25) is 5.71 Å². The Kier molecular flexibility index (Phi) is 24.7. The van der Waals surface area contributed by atoms with Crippen molar-refractivity contribution in [2.24, 2.45) is 0 Å². The summed E-state index contributed by atoms with van der Waals surface area (Å²) in [6, 6.07) is 43.8. The summed E-state index contributed by atoms with van der Waals surface area (Å²) in [6.45, 7) is 0.968. The molecule has 42 nitrogen and oxygen atoms in total. The number of hydrogen-bond donors (Lipinski definition) is 11. The number of ether oxygens (including phenoxy) is 5. The van der Waals surface area contributed by atoms with Gasteiger partial charge in [-0.2, -0.15) is 0 Å². The van der Waals surface area contributed by atoms with Gasteiger partial charge in [0, 0.05) is 116 Å². The molecule has 0 aliphatic carbocycles. The molecule has 10 aliphatic heterocycles. The van der Waals surface area contributed by atoms with E-state index in [1.807, 2.05) is 24.3 Å². The van der Waals surface area contributed by atoms with Gasteiger partial charge in [-0.1, -0.05) is 36.4 Å². The Morgan fingerprint density at radius 3 is 1.20 bits per heavy atom. The smallest absolute Gasteiger partial charge is 0.322 e. The van der Waals surface area contributed by atoms with E-state index in [9.17, 15) is 89.9 Å². The van der Waals surface area contributed by atoms with Crippen molar-refractivity contribution in [2.75, 3.05) is 68.3 Å². The maximum atomic E-state index is 14.2. The first-order valence-corrected chi connectivity index (χ1v) is 46.4. The molecule has 5 fully saturated rings. The van der Waals surface area contributed by atoms with Crippen molar-refractivity contribution in [3.8, 4) is 28.7 Å². The number of nitrogens with one attached hydrogen (secondary N) is 11. The molecule has 46 heteroatoms. The van der Waals surface area contributed by atoms with E-state index in [1.54, 1.807) is 134 Å². The number of fused-ring (bicyclic) bond motifs is 9. The number of hydrogen-bond acceptors (Lipinski definition) is 27. The lowest BCUT2D eigenvalue weighted by atomic mass is 9.91. The average Bonchev–Trinajstić information content (AvgIpc) is 1.59. The van der Waals surface area contributed by atoms with E-state index in [1.165, 1.54) is 102 Å². The molecule has 5 atom stereocenters. The second-order valence-corrected chi connectivity index (χ2v) is 37.0. The fourth-order valence-electron chi connectivity index (χ4n) is 19.4. The van der Waals surface area contributed by atoms with Crippen LogP contribution in [0.3, 0.4) is 0 Å². The van der Waals surface area contributed by atoms with Gasteiger partial charge in [0.05, 0.1) is 74.5 Å². The van der Waals surface area contributed by atoms with E-state index in [4.69, 9.17) is 36.9 Å². The van der Waals surface area contributed by atoms with E-state index < -0.39 is 99.0 Å². The Hall–Kier alpha value is -18.8. The highest BCUT2D eigenvalue weighted by atomic mass is 32.1. The van der Waals surface area contributed by atoms with Crippen molar-refractivity contribution in [3.63, 3.8) is 0 Å². The van der Waals surface area contributed by atoms with Crippen LogP contribution in [0.25, 0.3) is 43.1 Å². The molecule has 0 radical (unpaired) electrons. The highest BCUT2D eigenvalue weighted by Crippen LogP contribution is 2.44. The van der Waals surface area contributed by atoms with Crippen LogP contribution in [0.5, 0.6) is 28.7 Å². The predicted molar refractivity (Wildman–Crippen MR) is 513 cm³/mol. The lowest BCUT2D eigenvalue weighted by molar-refractivity contribution is -0.126. The van der Waals surface area contributed by atoms with Crippen LogP contribution in [0.4, 0.5) is 37.1 Å². The van der Waals surface area contributed by atoms with Gasteiger partial charge in [-0.15, -0.1) is 11.3 Å². The lowest BCUT2D eigenvalue weighted by Gasteiger charge is -2.30. The zero-order valence-electron chi connectivity index (χ0n) is 78.5. The quantitative estimate of drug-likeness (QED) is 0.0282. The molecule has 14 aromatic rings. The molecule has 17 heterocycles. The molecule has 5 saturated heterocycles. The third-order valence-electron chi connectivity index (χ3n) is 27.0. The number of pyridine rings is 3. The van der Waals surface area contributed by atoms with Crippen LogP contribution < -0.4 is 82.4 Å². The van der Waals surface area contributed by atoms with Crippen LogP contribution in [0.15, 0.2) is 219 Å². The van der Waals surface area contributed by atoms with E-state index in [2.05, 4.69) is 68.1 Å². The van der Waals surface area contributed by atoms with Crippen LogP contribution in [0, 0.1) is 17.5 Å². The van der Waals surface area contributed by atoms with Crippen molar-refractivity contribution in [3.05, 3.63) is 312 Å². The summed E-state index contributed by atoms with van der Waals surface area (Å²) in [6.07, 6.45) is 6.69. The van der Waals surface area contributed by atoms with Gasteiger partial charge in [-0.25, -0.2) is 42.1 Å². The topological polar surface area (TPSA) is 537 Å². The largest absolute Gasteiger partial charge is 0.497 e. The summed E-state index contributed by atoms with van der Waals surface area (Å²) >= 11 is 1.28. The fraction of sp³-hybridized carbons (Fsp3) is 0.216. The summed E-state index contributed by atoms with van der Waals surface area (Å²) in [5.41, 5.74) is -0.325. The third kappa shape index (κ3) is 17.5. The number of nitrogens with zero attached hydrogens (tertiary/aromatic N) is 7. The molecule has 0 spiro atoms. The molecule has 7 aromatic carbocycles. The molecule has 0 bridgehead atoms. The predicted octanol–water partition coefficient (Wildman–Crippen LogP) is 8.75. The molecule has 0 unspecified atom stereocenters. The van der Waals surface area contributed by atoms with E-state index in [0.717, 1.165) is 44.0 Å². The first-order valence-electron chi connectivity index (χ1n) is 45.6. The maximum Gasteiger partial charge on any atom is 0.322 e. The maximum absolute atomic E-state index is 14.2. The van der Waals surface area contributed by atoms with Crippen molar-refractivity contribution < 1.29 is 122 Å². The Balaban J connectivity index is 0.000000112. The molecular weight excluding hydrogens is 1950 g/mol. The van der Waals surface area contributed by atoms with Crippen LogP contribution in [0.1, 0.15) is 114 Å². The van der Waals surface area contributed by atoms with Gasteiger partial charge < -0.3 is 93.0 Å². The monoisotopic (exact) mass is 2030 g/mol. The summed E-state index contributed by atoms with van der Waals surface area (Å²) in [7, 11) is 7.59. The van der Waals surface area contributed by atoms with Crippen LogP contribution >= 0.6 is 11.3 Å². The van der Waals surface area contributed by atoms with Gasteiger partial charge in [0.15, 0.2) is 39.1 Å². The Morgan fingerprint density at radius 2 is 0.777 bits per heavy atom. The number of H-pyrrole nitrogens is 1. The molecule has 10 aliphatic rings. The van der Waals surface area contributed by atoms with E-state index >= 15 is 0 Å². The number of aromatic amines is 1. The molecule has 0 saturated carbocycles. The number of carbonyl (C=O) groups excluding carboxylic acids is 15. The van der Waals surface area contributed by atoms with Gasteiger partial charge in [0.1, 0.15) is 63.2 Å². The van der Waals surface area contributed by atoms with Gasteiger partial charge in [-0.3, -0.25) is 84.3 Å². The number of furan rings is 3. The highest BCUT2D eigenvalue weighted by molar-refractivity contribution is 7.19. The Bertz CT molecular complexity index is 7870. The molecule has 20 amide bonds. The number of methoxy groups -OCH3 is 5. The number of imide groups is 5. The minimum atomic E-state index is -1.80. The van der Waals surface area contributed by atoms with E-state index in [0.29, 0.717) is 121 Å². The second-order valence-electron chi connectivity index (χ2n) is 35.9. The molecular formula is C102H83F3N18O24S. The minimum Gasteiger partial charge on any atom is -0.497 e. The van der Waals surface area contributed by atoms with Crippen molar-refractivity contribution in [1.29, 1.82) is 0 Å². The van der Waals surface area contributed by atoms with Crippen molar-refractivity contribution in [2.45, 2.75) is 73.3 Å². The lowest BCUT2D eigenvalue weighted by Crippen LogP contribution is -2.55. The van der Waals surface area contributed by atoms with Crippen molar-refractivity contribution in [1.82, 2.24) is 92.6 Å². The molecule has 7 aromatic heterocycles. The van der Waals surface area contributed by atoms with E-state index in [-0.39, 0.29) is 121 Å². The molecule has 24 rings (SSSR count). The van der Waals surface area contributed by atoms with Crippen LogP contribution in [0.2, 0.25) is 0 Å². The van der Waals surface area contributed by atoms with Crippen LogP contribution in [-0.2, 0) is 85.3 Å². The number of urea groups is 5. The average molecular weight is 2030 g/mol. The van der Waals surface area contributed by atoms with Gasteiger partial charge in [-0.05, 0) is 180 Å². The number of halogens is 3. The number of aryl methyl sites for hydroxylation is 1. The summed E-state index contributed by atoms with van der Waals surface area (Å²) in [4.78, 5) is 219. The van der Waals surface area contributed by atoms with Crippen LogP contribution in [-0.4, -0.2) is 202 Å². The standard InChI is InChI=1S/C21H15F2N3O5.C21H16FN3O4S.2C20H16N4O5.C20H20N4O5/c1-30-13-3-2-10-8-26(18(27)14(10)7-13)9-21(19(28)24-20(29)25-21)16-5-11-4-12(22)6-15(23)17(11)31-16;1-29-14-4-2-11-9-25(18(26)15(11)8-14)10-21(19(27)23-20(28)24-21)17-7-12-6-13(22)3-5-16(12)30-17;1-28-13-3-2-12-9-24(17(25)14(12)7-13)10-20(18(26)22-19(27)23-20)16-6-11-4-5-21-8-15(11)29-16;1-28-13-5-4-12-9-24(17(25)14(12)8-13)10-20(18(26)22-19(27)23-20)15-7-11-3-2-6-21-16(11)29-15;1-29-14-5-4-13-10-24(17(26)15(13)9-14)11-20(18(27)22-19(28)23-20)7-6-12-3-2-8-21-16(12)25/h2-7H,8-9H2,1H3,(H2,24,25,28,29);2-8H,9-10H2,1H3,(H2,23,24,27,28);2*2-8H,9-10H2,1H3,(H2,22,23,26,27);2-5,8-9H,6-7,10-11H2,1H3,(H,21,25)(H2,22,23,27,28)/t2*21-;3*20-/m00001/s1. The Labute approximate surface area is 836 Å². The summed E-state index contributed by atoms with van der Waals surface area (Å²) in [5, 5.41) is 26.5. The number of amides is 20. The summed E-state index contributed by atoms with van der Waals surface area (Å²) < 4.78 is 85.3. The van der Waals surface area contributed by atoms with Crippen molar-refractivity contribution >= 4 is 144 Å². The SMILES string of the molecule is COc1ccc2c(c1)C(=O)N(C[C@@]1(CCc3ccc[nH]c3=O)NC(=O)NC1=O)C2.COc1ccc2c(c1)C(=O)N(C[C@@]1(c3cc4cc(F)cc(F)c4o3)NC(=O)NC1=O)C2.COc1ccc2c(c1)C(=O)N(C[C@@]1(c3cc4cc(F)ccc4s3)NC(=O)NC1=O)C2.COc1ccc2c(c1)C(=O)N(C[C@@]1(c3cc4cccnc4o3)NC(=O)NC1=O)C2.COc1ccc2c(c1)C(=O)N(C[C@@]1(c3cc4ccncc4o3)NC(=O)NC1=O)C2. The number of benzene rings is 7. The molecule has 148 heavy (non-hydrogen) atoms. The summed E-state index contributed by atoms with van der Waals surface area (Å²) in [5.74, 6) is -3.31. The number of aromatic nitrogens is 3. The normalized spacial score (nSPS) is 20.5. The third-order valence-corrected chi connectivity index (χ3v) is 28.2. The van der Waals surface area contributed by atoms with Gasteiger partial charge >= 0.3 is 30.2 Å². The number of carbonyl (C=O) groups is 15. The molecule has 11 N–H and O–H groups in total.